The lowest BCUT2D eigenvalue weighted by Gasteiger charge is -2.29. The van der Waals surface area contributed by atoms with Crippen LogP contribution in [0.4, 0.5) is 5.69 Å². The van der Waals surface area contributed by atoms with Gasteiger partial charge in [-0.15, -0.1) is 11.8 Å². The number of fused-ring (bicyclic) bond motifs is 1. The van der Waals surface area contributed by atoms with Gasteiger partial charge in [0.1, 0.15) is 11.4 Å². The molecule has 3 heterocycles. The summed E-state index contributed by atoms with van der Waals surface area (Å²) in [5, 5.41) is 33.2. The van der Waals surface area contributed by atoms with E-state index in [1.54, 1.807) is 42.1 Å². The molecule has 1 aliphatic heterocycles. The van der Waals surface area contributed by atoms with Crippen LogP contribution in [0.2, 0.25) is 0 Å². The molecule has 17 heteroatoms. The van der Waals surface area contributed by atoms with Gasteiger partial charge in [-0.3, -0.25) is 19.4 Å². The molecule has 69 heavy (non-hydrogen) atoms. The highest BCUT2D eigenvalue weighted by molar-refractivity contribution is 8.02. The van der Waals surface area contributed by atoms with Gasteiger partial charge < -0.3 is 39.7 Å². The van der Waals surface area contributed by atoms with Gasteiger partial charge in [-0.2, -0.15) is 0 Å². The maximum absolute atomic E-state index is 13.5. The Morgan fingerprint density at radius 2 is 1.42 bits per heavy atom. The van der Waals surface area contributed by atoms with Crippen LogP contribution in [0.3, 0.4) is 0 Å². The monoisotopic (exact) mass is 970 g/mol. The molecule has 374 valence electrons. The summed E-state index contributed by atoms with van der Waals surface area (Å²) in [4.78, 5) is 63.3. The van der Waals surface area contributed by atoms with Crippen LogP contribution in [0.1, 0.15) is 83.4 Å². The fraction of sp³-hybridized carbons (Fsp3) is 0.462. The van der Waals surface area contributed by atoms with Crippen molar-refractivity contribution < 1.29 is 48.7 Å². The number of thioether (sulfide) groups is 1. The summed E-state index contributed by atoms with van der Waals surface area (Å²) in [7, 11) is 0. The van der Waals surface area contributed by atoms with E-state index in [0.717, 1.165) is 54.7 Å². The number of unbranched alkanes of at least 4 members (excludes halogenated alkanes) is 2. The molecule has 0 unspecified atom stereocenters. The molecule has 16 nitrogen and oxygen atoms in total. The van der Waals surface area contributed by atoms with Crippen molar-refractivity contribution in [1.29, 1.82) is 0 Å². The molecule has 2 amide bonds. The lowest BCUT2D eigenvalue weighted by molar-refractivity contribution is -0.125. The number of nitrogens with one attached hydrogen (secondary N) is 1. The van der Waals surface area contributed by atoms with Gasteiger partial charge in [-0.25, -0.2) is 19.6 Å². The number of ether oxygens (including phenoxy) is 3. The van der Waals surface area contributed by atoms with Crippen LogP contribution >= 0.6 is 11.8 Å². The van der Waals surface area contributed by atoms with Crippen molar-refractivity contribution in [1.82, 2.24) is 25.1 Å². The van der Waals surface area contributed by atoms with Crippen LogP contribution in [0.25, 0.3) is 0 Å². The Morgan fingerprint density at radius 3 is 2.06 bits per heavy atom. The molecule has 4 N–H and O–H groups in total. The van der Waals surface area contributed by atoms with Crippen LogP contribution in [-0.2, 0) is 43.3 Å². The lowest BCUT2D eigenvalue weighted by atomic mass is 9.96. The Kier molecular flexibility index (Phi) is 26.9. The molecule has 3 aromatic rings. The SMILES string of the molecule is C=C/C=C\C1=C(/C)CCc2ccccc2N(C(=O)CCC(=O)NCCCCCS/C=C\COCCN(CCOCCOCCN(CCO)Cc2cccc(C(=O)O)n2)Cc2cccc(C(=O)O)n2)C1. The van der Waals surface area contributed by atoms with Crippen molar-refractivity contribution >= 4 is 41.2 Å². The number of carbonyl (C=O) groups excluding carboxylic acids is 2. The van der Waals surface area contributed by atoms with Crippen LogP contribution in [0.15, 0.2) is 108 Å². The van der Waals surface area contributed by atoms with Gasteiger partial charge in [-0.05, 0) is 85.2 Å². The number of aromatic nitrogens is 2. The van der Waals surface area contributed by atoms with Crippen molar-refractivity contribution in [3.8, 4) is 0 Å². The summed E-state index contributed by atoms with van der Waals surface area (Å²) in [6, 6.07) is 17.8. The van der Waals surface area contributed by atoms with E-state index >= 15 is 0 Å². The molecule has 0 saturated carbocycles. The van der Waals surface area contributed by atoms with E-state index in [1.165, 1.54) is 17.7 Å². The van der Waals surface area contributed by atoms with Crippen molar-refractivity contribution in [3.05, 3.63) is 136 Å². The molecule has 0 radical (unpaired) electrons. The zero-order valence-electron chi connectivity index (χ0n) is 40.0. The number of hydrogen-bond acceptors (Lipinski definition) is 13. The van der Waals surface area contributed by atoms with Gasteiger partial charge in [0.05, 0.1) is 64.2 Å². The molecule has 2 aromatic heterocycles. The molecule has 0 atom stereocenters. The summed E-state index contributed by atoms with van der Waals surface area (Å²) in [6.45, 7) is 12.2. The predicted octanol–water partition coefficient (Wildman–Crippen LogP) is 6.57. The number of amides is 2. The first-order valence-electron chi connectivity index (χ1n) is 23.6. The Labute approximate surface area is 411 Å². The normalized spacial score (nSPS) is 14.1. The first-order chi connectivity index (χ1) is 33.6. The second kappa shape index (κ2) is 33.1. The van der Waals surface area contributed by atoms with Crippen LogP contribution in [-0.4, -0.2) is 150 Å². The molecule has 0 spiro atoms. The minimum Gasteiger partial charge on any atom is -0.477 e. The molecule has 4 rings (SSSR count). The summed E-state index contributed by atoms with van der Waals surface area (Å²) in [6.07, 6.45) is 12.5. The van der Waals surface area contributed by atoms with Gasteiger partial charge in [0, 0.05) is 64.3 Å². The number of anilines is 1. The molecule has 1 aliphatic rings. The molecule has 0 bridgehead atoms. The predicted molar refractivity (Wildman–Crippen MR) is 269 cm³/mol. The number of allylic oxidation sites excluding steroid dienone is 3. The van der Waals surface area contributed by atoms with E-state index in [1.807, 2.05) is 51.6 Å². The van der Waals surface area contributed by atoms with Crippen molar-refractivity contribution in [2.75, 3.05) is 96.2 Å². The molecular formula is C52H70N6O10S. The number of aliphatic hydroxyl groups is 1. The summed E-state index contributed by atoms with van der Waals surface area (Å²) in [5.41, 5.74) is 5.57. The zero-order chi connectivity index (χ0) is 49.5. The Hall–Kier alpha value is -5.53. The van der Waals surface area contributed by atoms with Crippen molar-refractivity contribution in [2.24, 2.45) is 0 Å². The topological polar surface area (TPSA) is 204 Å². The smallest absolute Gasteiger partial charge is 0.354 e. The Balaban J connectivity index is 1.07. The zero-order valence-corrected chi connectivity index (χ0v) is 40.8. The maximum atomic E-state index is 13.5. The van der Waals surface area contributed by atoms with Crippen molar-refractivity contribution in [2.45, 2.75) is 65.0 Å². The molecule has 0 saturated heterocycles. The van der Waals surface area contributed by atoms with Gasteiger partial charge in [0.25, 0.3) is 0 Å². The molecule has 0 aliphatic carbocycles. The van der Waals surface area contributed by atoms with Gasteiger partial charge in [0.15, 0.2) is 0 Å². The first-order valence-corrected chi connectivity index (χ1v) is 24.7. The maximum Gasteiger partial charge on any atom is 0.354 e. The van der Waals surface area contributed by atoms with Gasteiger partial charge in [0.2, 0.25) is 11.8 Å². The third kappa shape index (κ3) is 22.2. The average molecular weight is 971 g/mol. The summed E-state index contributed by atoms with van der Waals surface area (Å²) >= 11 is 1.71. The first kappa shape index (κ1) is 56.1. The second-order valence-electron chi connectivity index (χ2n) is 16.4. The number of aryl methyl sites for hydroxylation is 1. The van der Waals surface area contributed by atoms with E-state index < -0.39 is 11.9 Å². The highest BCUT2D eigenvalue weighted by Gasteiger charge is 2.23. The van der Waals surface area contributed by atoms with Gasteiger partial charge in [-0.1, -0.05) is 73.2 Å². The van der Waals surface area contributed by atoms with E-state index in [-0.39, 0.29) is 42.7 Å². The number of rotatable bonds is 34. The fourth-order valence-corrected chi connectivity index (χ4v) is 8.08. The lowest BCUT2D eigenvalue weighted by Crippen LogP contribution is -2.35. The molecule has 1 aromatic carbocycles. The molecule has 0 fully saturated rings. The van der Waals surface area contributed by atoms with Gasteiger partial charge >= 0.3 is 11.9 Å². The largest absolute Gasteiger partial charge is 0.477 e. The van der Waals surface area contributed by atoms with E-state index in [9.17, 15) is 34.5 Å². The Bertz CT molecular complexity index is 2170. The number of aromatic carboxylic acids is 2. The molecular weight excluding hydrogens is 901 g/mol. The van der Waals surface area contributed by atoms with Crippen LogP contribution < -0.4 is 10.2 Å². The number of benzene rings is 1. The van der Waals surface area contributed by atoms with E-state index in [4.69, 9.17) is 14.2 Å². The number of carboxylic acids is 2. The number of hydrogen-bond donors (Lipinski definition) is 4. The number of aliphatic hydroxyl groups excluding tert-OH is 1. The van der Waals surface area contributed by atoms with Crippen LogP contribution in [0, 0.1) is 0 Å². The quantitative estimate of drug-likeness (QED) is 0.0369. The minimum atomic E-state index is -1.09. The summed E-state index contributed by atoms with van der Waals surface area (Å²) in [5.74, 6) is -1.41. The van der Waals surface area contributed by atoms with Crippen molar-refractivity contribution in [3.63, 3.8) is 0 Å². The number of carboxylic acid groups (broad SMARTS) is 2. The highest BCUT2D eigenvalue weighted by atomic mass is 32.2. The third-order valence-corrected chi connectivity index (χ3v) is 12.1. The average Bonchev–Trinajstić information content (AvgIpc) is 3.34. The summed E-state index contributed by atoms with van der Waals surface area (Å²) < 4.78 is 17.5. The number of carbonyl (C=O) groups is 4. The van der Waals surface area contributed by atoms with Crippen LogP contribution in [0.5, 0.6) is 0 Å². The Morgan fingerprint density at radius 1 is 0.783 bits per heavy atom. The second-order valence-corrected chi connectivity index (χ2v) is 17.4. The van der Waals surface area contributed by atoms with E-state index in [0.29, 0.717) is 103 Å². The van der Waals surface area contributed by atoms with E-state index in [2.05, 4.69) is 39.8 Å². The standard InChI is InChI=1S/C52H70N6O10S/c1-3-4-13-43-38-58(48-19-7-6-14-42(48)21-20-41(43)2)50(61)23-22-49(60)53-24-8-5-9-36-69-37-12-30-66-31-27-57(40-45-16-11-18-47(55-45)52(64)65)28-33-68-35-34-67-32-26-56(25-29-59)39-44-15-10-17-46(54-44)51(62)63/h3-4,6-7,10-19,37,59H,1,5,8-9,20-36,38-40H2,2H3,(H,53,60)(H,62,63)(H,64,65)/b13-4-,37-12-,43-41-. The number of nitrogens with zero attached hydrogens (tertiary/aromatic N) is 5. The minimum absolute atomic E-state index is 0.0137. The third-order valence-electron chi connectivity index (χ3n) is 11.2. The number of pyridine rings is 2. The highest BCUT2D eigenvalue weighted by Crippen LogP contribution is 2.29. The fourth-order valence-electron chi connectivity index (χ4n) is 7.36. The number of para-hydroxylation sites is 1.